The molecule has 0 radical (unpaired) electrons. The molecule has 0 aliphatic carbocycles. The van der Waals surface area contributed by atoms with E-state index in [-0.39, 0.29) is 5.91 Å². The van der Waals surface area contributed by atoms with Crippen LogP contribution in [0.15, 0.2) is 54.7 Å². The number of aromatic nitrogens is 1. The summed E-state index contributed by atoms with van der Waals surface area (Å²) < 4.78 is 0. The Kier molecular flexibility index (Phi) is 3.73. The number of nitrogens with one attached hydrogen (secondary N) is 1. The predicted molar refractivity (Wildman–Crippen MR) is 97.0 cm³/mol. The van der Waals surface area contributed by atoms with E-state index < -0.39 is 0 Å². The van der Waals surface area contributed by atoms with Crippen LogP contribution >= 0.6 is 0 Å². The molecule has 0 saturated carbocycles. The average molecular weight is 319 g/mol. The summed E-state index contributed by atoms with van der Waals surface area (Å²) in [6.45, 7) is 1.55. The second kappa shape index (κ2) is 6.04. The number of likely N-dealkylation sites (tertiary alicyclic amines) is 1. The van der Waals surface area contributed by atoms with Gasteiger partial charge in [-0.15, -0.1) is 0 Å². The normalized spacial score (nSPS) is 15.8. The maximum atomic E-state index is 12.9. The second-order valence-electron chi connectivity index (χ2n) is 6.44. The van der Waals surface area contributed by atoms with Gasteiger partial charge in [0.15, 0.2) is 0 Å². The van der Waals surface area contributed by atoms with E-state index in [1.54, 1.807) is 0 Å². The molecule has 0 spiro atoms. The minimum atomic E-state index is 0.118. The topological polar surface area (TPSA) is 62.1 Å². The highest BCUT2D eigenvalue weighted by Crippen LogP contribution is 2.32. The summed E-state index contributed by atoms with van der Waals surface area (Å²) in [6, 6.07) is 16.0. The lowest BCUT2D eigenvalue weighted by atomic mass is 9.88. The number of amides is 1. The van der Waals surface area contributed by atoms with Gasteiger partial charge < -0.3 is 15.6 Å². The van der Waals surface area contributed by atoms with Gasteiger partial charge >= 0.3 is 0 Å². The van der Waals surface area contributed by atoms with Gasteiger partial charge in [-0.05, 0) is 36.5 Å². The second-order valence-corrected chi connectivity index (χ2v) is 6.44. The molecule has 1 saturated heterocycles. The average Bonchev–Trinajstić information content (AvgIpc) is 3.06. The quantitative estimate of drug-likeness (QED) is 0.706. The molecule has 1 amide bonds. The number of carbonyl (C=O) groups is 1. The summed E-state index contributed by atoms with van der Waals surface area (Å²) in [7, 11) is 0. The number of benzene rings is 2. The number of carbonyl (C=O) groups excluding carboxylic acids is 1. The number of hydrogen-bond acceptors (Lipinski definition) is 2. The van der Waals surface area contributed by atoms with Crippen LogP contribution in [-0.2, 0) is 0 Å². The SMILES string of the molecule is Nc1ccccc1C1CCN(C(=O)c2c[nH]c3ccccc23)CC1. The van der Waals surface area contributed by atoms with Crippen molar-refractivity contribution in [3.05, 3.63) is 65.9 Å². The molecular formula is C20H21N3O. The largest absolute Gasteiger partial charge is 0.398 e. The zero-order valence-electron chi connectivity index (χ0n) is 13.5. The Bertz CT molecular complexity index is 875. The fourth-order valence-corrected chi connectivity index (χ4v) is 3.70. The van der Waals surface area contributed by atoms with E-state index in [0.29, 0.717) is 5.92 Å². The van der Waals surface area contributed by atoms with Gasteiger partial charge in [-0.1, -0.05) is 36.4 Å². The monoisotopic (exact) mass is 319 g/mol. The zero-order chi connectivity index (χ0) is 16.5. The molecule has 122 valence electrons. The fraction of sp³-hybridized carbons (Fsp3) is 0.250. The molecule has 1 aromatic heterocycles. The van der Waals surface area contributed by atoms with Crippen molar-refractivity contribution in [1.29, 1.82) is 0 Å². The first kappa shape index (κ1) is 14.8. The van der Waals surface area contributed by atoms with Gasteiger partial charge in [0.1, 0.15) is 0 Å². The van der Waals surface area contributed by atoms with Crippen LogP contribution in [0.3, 0.4) is 0 Å². The molecule has 3 aromatic rings. The minimum absolute atomic E-state index is 0.118. The van der Waals surface area contributed by atoms with Crippen LogP contribution < -0.4 is 5.73 Å². The molecule has 4 nitrogen and oxygen atoms in total. The summed E-state index contributed by atoms with van der Waals surface area (Å²) in [5.41, 5.74) is 9.95. The Labute approximate surface area is 141 Å². The number of hydrogen-bond donors (Lipinski definition) is 2. The van der Waals surface area contributed by atoms with Crippen molar-refractivity contribution in [2.24, 2.45) is 0 Å². The number of anilines is 1. The summed E-state index contributed by atoms with van der Waals surface area (Å²) >= 11 is 0. The minimum Gasteiger partial charge on any atom is -0.398 e. The Morgan fingerprint density at radius 2 is 1.75 bits per heavy atom. The maximum Gasteiger partial charge on any atom is 0.256 e. The van der Waals surface area contributed by atoms with Crippen molar-refractivity contribution in [2.75, 3.05) is 18.8 Å². The lowest BCUT2D eigenvalue weighted by Crippen LogP contribution is -2.37. The highest BCUT2D eigenvalue weighted by molar-refractivity contribution is 6.06. The Balaban J connectivity index is 1.50. The van der Waals surface area contributed by atoms with Crippen molar-refractivity contribution in [3.8, 4) is 0 Å². The van der Waals surface area contributed by atoms with Gasteiger partial charge in [-0.3, -0.25) is 4.79 Å². The Morgan fingerprint density at radius 3 is 2.54 bits per heavy atom. The van der Waals surface area contributed by atoms with Gasteiger partial charge in [0.25, 0.3) is 5.91 Å². The summed E-state index contributed by atoms with van der Waals surface area (Å²) in [6.07, 6.45) is 3.75. The third kappa shape index (κ3) is 2.54. The lowest BCUT2D eigenvalue weighted by Gasteiger charge is -2.32. The maximum absolute atomic E-state index is 12.9. The van der Waals surface area contributed by atoms with E-state index in [9.17, 15) is 4.79 Å². The van der Waals surface area contributed by atoms with E-state index in [0.717, 1.165) is 48.1 Å². The molecule has 1 fully saturated rings. The molecule has 4 heteroatoms. The van der Waals surface area contributed by atoms with Crippen molar-refractivity contribution >= 4 is 22.5 Å². The molecule has 2 aromatic carbocycles. The van der Waals surface area contributed by atoms with Gasteiger partial charge in [-0.25, -0.2) is 0 Å². The van der Waals surface area contributed by atoms with Crippen LogP contribution in [0, 0.1) is 0 Å². The molecule has 0 unspecified atom stereocenters. The van der Waals surface area contributed by atoms with E-state index in [1.165, 1.54) is 5.56 Å². The first-order chi connectivity index (χ1) is 11.7. The van der Waals surface area contributed by atoms with Crippen LogP contribution in [0.25, 0.3) is 10.9 Å². The van der Waals surface area contributed by atoms with Crippen LogP contribution in [0.4, 0.5) is 5.69 Å². The number of fused-ring (bicyclic) bond motifs is 1. The summed E-state index contributed by atoms with van der Waals surface area (Å²) in [5, 5.41) is 0.997. The number of nitrogen functional groups attached to an aromatic ring is 1. The van der Waals surface area contributed by atoms with Gasteiger partial charge in [0.05, 0.1) is 5.56 Å². The molecule has 1 aliphatic rings. The van der Waals surface area contributed by atoms with E-state index in [4.69, 9.17) is 5.73 Å². The molecular weight excluding hydrogens is 298 g/mol. The number of piperidine rings is 1. The highest BCUT2D eigenvalue weighted by atomic mass is 16.2. The molecule has 3 N–H and O–H groups in total. The smallest absolute Gasteiger partial charge is 0.256 e. The molecule has 4 rings (SSSR count). The highest BCUT2D eigenvalue weighted by Gasteiger charge is 2.26. The zero-order valence-corrected chi connectivity index (χ0v) is 13.5. The standard InChI is InChI=1S/C20H21N3O/c21-18-7-3-1-5-15(18)14-9-11-23(12-10-14)20(24)17-13-22-19-8-4-2-6-16(17)19/h1-8,13-14,22H,9-12,21H2. The number of rotatable bonds is 2. The number of nitrogens with two attached hydrogens (primary N) is 1. The molecule has 2 heterocycles. The summed E-state index contributed by atoms with van der Waals surface area (Å²) in [4.78, 5) is 18.0. The number of para-hydroxylation sites is 2. The first-order valence-corrected chi connectivity index (χ1v) is 8.44. The van der Waals surface area contributed by atoms with Crippen LogP contribution in [0.1, 0.15) is 34.7 Å². The number of H-pyrrole nitrogens is 1. The first-order valence-electron chi connectivity index (χ1n) is 8.44. The fourth-order valence-electron chi connectivity index (χ4n) is 3.70. The van der Waals surface area contributed by atoms with Gasteiger partial charge in [0.2, 0.25) is 0 Å². The van der Waals surface area contributed by atoms with Crippen LogP contribution in [-0.4, -0.2) is 28.9 Å². The Hall–Kier alpha value is -2.75. The third-order valence-corrected chi connectivity index (χ3v) is 5.04. The van der Waals surface area contributed by atoms with Crippen LogP contribution in [0.2, 0.25) is 0 Å². The van der Waals surface area contributed by atoms with E-state index in [1.807, 2.05) is 53.6 Å². The van der Waals surface area contributed by atoms with Gasteiger partial charge in [-0.2, -0.15) is 0 Å². The van der Waals surface area contributed by atoms with Crippen LogP contribution in [0.5, 0.6) is 0 Å². The molecule has 1 aliphatic heterocycles. The summed E-state index contributed by atoms with van der Waals surface area (Å²) in [5.74, 6) is 0.560. The Morgan fingerprint density at radius 1 is 1.04 bits per heavy atom. The number of aromatic amines is 1. The van der Waals surface area contributed by atoms with Crippen molar-refractivity contribution in [3.63, 3.8) is 0 Å². The predicted octanol–water partition coefficient (Wildman–Crippen LogP) is 3.77. The molecule has 0 bridgehead atoms. The number of nitrogens with zero attached hydrogens (tertiary/aromatic N) is 1. The van der Waals surface area contributed by atoms with E-state index in [2.05, 4.69) is 11.1 Å². The third-order valence-electron chi connectivity index (χ3n) is 5.04. The van der Waals surface area contributed by atoms with Crippen molar-refractivity contribution < 1.29 is 4.79 Å². The van der Waals surface area contributed by atoms with E-state index >= 15 is 0 Å². The van der Waals surface area contributed by atoms with Crippen molar-refractivity contribution in [2.45, 2.75) is 18.8 Å². The molecule has 0 atom stereocenters. The molecule has 24 heavy (non-hydrogen) atoms. The lowest BCUT2D eigenvalue weighted by molar-refractivity contribution is 0.0715. The van der Waals surface area contributed by atoms with Crippen molar-refractivity contribution in [1.82, 2.24) is 9.88 Å². The van der Waals surface area contributed by atoms with Gasteiger partial charge in [0, 0.05) is 35.9 Å².